The minimum Gasteiger partial charge on any atom is -0.359 e. The third-order valence-corrected chi connectivity index (χ3v) is 10.7. The van der Waals surface area contributed by atoms with Crippen LogP contribution in [0.3, 0.4) is 0 Å². The number of carbonyl (C=O) groups is 1. The SMILES string of the molecule is CC1CCC(=O)CCN(c2nc3c(c(=O)[nH]2)CCCN3C)CCc2c(F)cc(CCC3CCN(S(C)(=O)=O)CC3)cc21. The first-order valence-electron chi connectivity index (χ1n) is 15.4. The number of benzene rings is 1. The van der Waals surface area contributed by atoms with Crippen LogP contribution in [0.25, 0.3) is 0 Å². The molecule has 1 aromatic heterocycles. The Hall–Kier alpha value is -2.79. The summed E-state index contributed by atoms with van der Waals surface area (Å²) in [6.45, 7) is 4.86. The number of Topliss-reactive ketones (excluding diaryl/α,β-unsaturated/α-hetero) is 1. The van der Waals surface area contributed by atoms with Crippen molar-refractivity contribution >= 4 is 27.6 Å². The van der Waals surface area contributed by atoms with Crippen LogP contribution in [0.1, 0.15) is 80.0 Å². The number of hydrogen-bond donors (Lipinski definition) is 1. The van der Waals surface area contributed by atoms with Crippen LogP contribution >= 0.6 is 0 Å². The Kier molecular flexibility index (Phi) is 9.37. The van der Waals surface area contributed by atoms with Crippen molar-refractivity contribution in [3.8, 4) is 0 Å². The van der Waals surface area contributed by atoms with E-state index in [4.69, 9.17) is 4.98 Å². The van der Waals surface area contributed by atoms with Gasteiger partial charge in [-0.25, -0.2) is 17.1 Å². The van der Waals surface area contributed by atoms with Gasteiger partial charge in [-0.15, -0.1) is 0 Å². The van der Waals surface area contributed by atoms with Gasteiger partial charge in [0.1, 0.15) is 17.4 Å². The second kappa shape index (κ2) is 12.8. The topological polar surface area (TPSA) is 107 Å². The van der Waals surface area contributed by atoms with Crippen molar-refractivity contribution in [2.45, 2.75) is 77.0 Å². The fourth-order valence-electron chi connectivity index (χ4n) is 6.72. The monoisotopic (exact) mass is 601 g/mol. The molecule has 1 aromatic carbocycles. The van der Waals surface area contributed by atoms with Crippen molar-refractivity contribution in [1.82, 2.24) is 14.3 Å². The predicted octanol–water partition coefficient (Wildman–Crippen LogP) is 3.80. The molecule has 230 valence electrons. The van der Waals surface area contributed by atoms with E-state index >= 15 is 4.39 Å². The number of ketones is 1. The van der Waals surface area contributed by atoms with Crippen LogP contribution in [0.4, 0.5) is 16.2 Å². The van der Waals surface area contributed by atoms with Gasteiger partial charge in [0.15, 0.2) is 0 Å². The van der Waals surface area contributed by atoms with E-state index in [0.717, 1.165) is 49.8 Å². The van der Waals surface area contributed by atoms with E-state index < -0.39 is 10.0 Å². The van der Waals surface area contributed by atoms with Crippen LogP contribution in [-0.4, -0.2) is 74.5 Å². The highest BCUT2D eigenvalue weighted by atomic mass is 32.2. The summed E-state index contributed by atoms with van der Waals surface area (Å²) < 4.78 is 41.0. The standard InChI is InChI=1S/C31H44FN5O4S/c1-21-6-9-24(38)12-15-36(31-33-29-26(30(39)34-31)5-4-14-35(29)2)16-13-25-27(21)19-23(20-28(25)32)8-7-22-10-17-37(18-11-22)42(3,40)41/h19-22H,4-18H2,1-3H3,(H,33,34,39). The van der Waals surface area contributed by atoms with Crippen molar-refractivity contribution in [3.05, 3.63) is 50.6 Å². The number of fused-ring (bicyclic) bond motifs is 2. The van der Waals surface area contributed by atoms with Gasteiger partial charge in [-0.2, -0.15) is 4.98 Å². The molecule has 2 aromatic rings. The Morgan fingerprint density at radius 3 is 2.45 bits per heavy atom. The molecule has 3 aliphatic heterocycles. The number of H-pyrrole nitrogens is 1. The number of nitrogens with one attached hydrogen (secondary N) is 1. The molecule has 1 unspecified atom stereocenters. The summed E-state index contributed by atoms with van der Waals surface area (Å²) in [6, 6.07) is 3.77. The third kappa shape index (κ3) is 7.05. The molecular formula is C31H44FN5O4S. The number of anilines is 2. The van der Waals surface area contributed by atoms with E-state index in [2.05, 4.69) is 18.0 Å². The lowest BCUT2D eigenvalue weighted by atomic mass is 9.86. The third-order valence-electron chi connectivity index (χ3n) is 9.42. The maximum absolute atomic E-state index is 15.8. The van der Waals surface area contributed by atoms with E-state index in [0.29, 0.717) is 87.1 Å². The zero-order chi connectivity index (χ0) is 30.0. The average molecular weight is 602 g/mol. The number of sulfonamides is 1. The van der Waals surface area contributed by atoms with Gasteiger partial charge in [0, 0.05) is 52.6 Å². The lowest BCUT2D eigenvalue weighted by Crippen LogP contribution is -2.37. The molecule has 0 radical (unpaired) electrons. The second-order valence-electron chi connectivity index (χ2n) is 12.5. The molecule has 1 atom stereocenters. The number of nitrogens with zero attached hydrogens (tertiary/aromatic N) is 4. The first-order chi connectivity index (χ1) is 20.0. The smallest absolute Gasteiger partial charge is 0.257 e. The summed E-state index contributed by atoms with van der Waals surface area (Å²) >= 11 is 0. The normalized spacial score (nSPS) is 21.5. The van der Waals surface area contributed by atoms with E-state index in [-0.39, 0.29) is 23.1 Å². The first-order valence-corrected chi connectivity index (χ1v) is 17.2. The molecule has 0 amide bonds. The van der Waals surface area contributed by atoms with Crippen LogP contribution < -0.4 is 15.4 Å². The Labute approximate surface area is 248 Å². The van der Waals surface area contributed by atoms with Crippen molar-refractivity contribution in [1.29, 1.82) is 0 Å². The van der Waals surface area contributed by atoms with E-state index in [1.165, 1.54) is 6.26 Å². The summed E-state index contributed by atoms with van der Waals surface area (Å²) in [5, 5.41) is 0. The summed E-state index contributed by atoms with van der Waals surface area (Å²) in [7, 11) is -1.22. The molecule has 9 nitrogen and oxygen atoms in total. The lowest BCUT2D eigenvalue weighted by molar-refractivity contribution is -0.119. The second-order valence-corrected chi connectivity index (χ2v) is 14.5. The number of halogens is 1. The number of hydrogen-bond acceptors (Lipinski definition) is 7. The highest BCUT2D eigenvalue weighted by molar-refractivity contribution is 7.88. The zero-order valence-corrected chi connectivity index (χ0v) is 25.9. The van der Waals surface area contributed by atoms with Crippen LogP contribution in [-0.2, 0) is 34.1 Å². The quantitative estimate of drug-likeness (QED) is 0.556. The Bertz CT molecular complexity index is 1470. The molecule has 1 saturated heterocycles. The van der Waals surface area contributed by atoms with Crippen LogP contribution in [0.2, 0.25) is 0 Å². The molecule has 3 aliphatic rings. The molecule has 0 saturated carbocycles. The van der Waals surface area contributed by atoms with Gasteiger partial charge < -0.3 is 9.80 Å². The number of aromatic nitrogens is 2. The van der Waals surface area contributed by atoms with E-state index in [1.807, 2.05) is 16.8 Å². The summed E-state index contributed by atoms with van der Waals surface area (Å²) in [6.07, 6.45) is 8.02. The van der Waals surface area contributed by atoms with Crippen molar-refractivity contribution in [2.24, 2.45) is 5.92 Å². The van der Waals surface area contributed by atoms with Crippen molar-refractivity contribution < 1.29 is 17.6 Å². The largest absolute Gasteiger partial charge is 0.359 e. The molecular weight excluding hydrogens is 557 g/mol. The van der Waals surface area contributed by atoms with Gasteiger partial charge in [-0.3, -0.25) is 14.6 Å². The molecule has 42 heavy (non-hydrogen) atoms. The Morgan fingerprint density at radius 2 is 1.71 bits per heavy atom. The Morgan fingerprint density at radius 1 is 0.976 bits per heavy atom. The minimum absolute atomic E-state index is 0.0401. The molecule has 0 spiro atoms. The first kappa shape index (κ1) is 30.7. The maximum Gasteiger partial charge on any atom is 0.257 e. The van der Waals surface area contributed by atoms with E-state index in [9.17, 15) is 18.0 Å². The molecule has 11 heteroatoms. The van der Waals surface area contributed by atoms with Crippen molar-refractivity contribution in [2.75, 3.05) is 55.8 Å². The molecule has 1 fully saturated rings. The van der Waals surface area contributed by atoms with E-state index in [1.54, 1.807) is 10.4 Å². The van der Waals surface area contributed by atoms with Gasteiger partial charge in [0.2, 0.25) is 16.0 Å². The Balaban J connectivity index is 1.35. The number of piperidine rings is 1. The predicted molar refractivity (Wildman–Crippen MR) is 164 cm³/mol. The van der Waals surface area contributed by atoms with Crippen LogP contribution in [0.15, 0.2) is 16.9 Å². The molecule has 4 heterocycles. The molecule has 5 rings (SSSR count). The molecule has 0 aliphatic carbocycles. The van der Waals surface area contributed by atoms with Gasteiger partial charge in [-0.1, -0.05) is 13.0 Å². The maximum atomic E-state index is 15.8. The summed E-state index contributed by atoms with van der Waals surface area (Å²) in [4.78, 5) is 37.5. The number of carbonyl (C=O) groups excluding carboxylic acids is 1. The highest BCUT2D eigenvalue weighted by Crippen LogP contribution is 2.32. The van der Waals surface area contributed by atoms with Gasteiger partial charge in [0.25, 0.3) is 5.56 Å². The van der Waals surface area contributed by atoms with Crippen LogP contribution in [0.5, 0.6) is 0 Å². The average Bonchev–Trinajstić information content (AvgIpc) is 2.97. The summed E-state index contributed by atoms with van der Waals surface area (Å²) in [5.74, 6) is 1.51. The van der Waals surface area contributed by atoms with Crippen LogP contribution in [0, 0.1) is 11.7 Å². The fourth-order valence-corrected chi connectivity index (χ4v) is 7.59. The molecule has 0 bridgehead atoms. The zero-order valence-electron chi connectivity index (χ0n) is 25.1. The summed E-state index contributed by atoms with van der Waals surface area (Å²) in [5.41, 5.74) is 3.13. The highest BCUT2D eigenvalue weighted by Gasteiger charge is 2.26. The van der Waals surface area contributed by atoms with Gasteiger partial charge in [0.05, 0.1) is 11.8 Å². The minimum atomic E-state index is -3.15. The lowest BCUT2D eigenvalue weighted by Gasteiger charge is -2.30. The molecule has 1 N–H and O–H groups in total. The number of aryl methyl sites for hydroxylation is 1. The van der Waals surface area contributed by atoms with Gasteiger partial charge >= 0.3 is 0 Å². The fraction of sp³-hybridized carbons (Fsp3) is 0.645. The van der Waals surface area contributed by atoms with Crippen molar-refractivity contribution in [3.63, 3.8) is 0 Å². The number of aromatic amines is 1. The van der Waals surface area contributed by atoms with Gasteiger partial charge in [-0.05, 0) is 86.0 Å². The number of rotatable bonds is 5.